The van der Waals surface area contributed by atoms with Crippen molar-refractivity contribution in [1.82, 2.24) is 0 Å². The normalized spacial score (nSPS) is 10.6. The molecule has 0 bridgehead atoms. The van der Waals surface area contributed by atoms with Gasteiger partial charge in [0.2, 0.25) is 0 Å². The Kier molecular flexibility index (Phi) is 4.01. The number of nitrogens with one attached hydrogen (secondary N) is 1. The Morgan fingerprint density at radius 3 is 2.63 bits per heavy atom. The highest BCUT2D eigenvalue weighted by molar-refractivity contribution is 9.11. The number of para-hydroxylation sites is 1. The molecule has 19 heavy (non-hydrogen) atoms. The molecule has 3 rings (SSSR count). The van der Waals surface area contributed by atoms with Crippen LogP contribution in [0.3, 0.4) is 0 Å². The number of halogens is 1. The molecule has 1 nitrogen and oxygen atoms in total. The van der Waals surface area contributed by atoms with Crippen molar-refractivity contribution in [3.8, 4) is 10.4 Å². The smallest absolute Gasteiger partial charge is 0.0702 e. The van der Waals surface area contributed by atoms with Crippen LogP contribution in [-0.4, -0.2) is 0 Å². The maximum Gasteiger partial charge on any atom is 0.0702 e. The zero-order valence-corrected chi connectivity index (χ0v) is 13.3. The third-order valence-electron chi connectivity index (χ3n) is 2.80. The average Bonchev–Trinajstić information content (AvgIpc) is 3.08. The fraction of sp³-hybridized carbons (Fsp3) is 0.0667. The Labute approximate surface area is 129 Å². The summed E-state index contributed by atoms with van der Waals surface area (Å²) < 4.78 is 1.18. The van der Waals surface area contributed by atoms with Gasteiger partial charge in [0, 0.05) is 27.5 Å². The highest BCUT2D eigenvalue weighted by Crippen LogP contribution is 2.32. The first kappa shape index (κ1) is 12.9. The molecule has 0 aliphatic rings. The van der Waals surface area contributed by atoms with Gasteiger partial charge in [-0.2, -0.15) is 0 Å². The van der Waals surface area contributed by atoms with Crippen LogP contribution in [0, 0.1) is 0 Å². The summed E-state index contributed by atoms with van der Waals surface area (Å²) in [5.74, 6) is 0. The van der Waals surface area contributed by atoms with Gasteiger partial charge in [0.15, 0.2) is 0 Å². The van der Waals surface area contributed by atoms with E-state index in [1.54, 1.807) is 22.7 Å². The molecule has 0 atom stereocenters. The van der Waals surface area contributed by atoms with Crippen molar-refractivity contribution < 1.29 is 0 Å². The summed E-state index contributed by atoms with van der Waals surface area (Å²) in [5, 5.41) is 5.64. The third-order valence-corrected chi connectivity index (χ3v) is 5.32. The van der Waals surface area contributed by atoms with Crippen molar-refractivity contribution >= 4 is 44.3 Å². The van der Waals surface area contributed by atoms with Gasteiger partial charge in [0.1, 0.15) is 0 Å². The lowest BCUT2D eigenvalue weighted by Gasteiger charge is -2.10. The second-order valence-electron chi connectivity index (χ2n) is 4.08. The Hall–Kier alpha value is -1.10. The van der Waals surface area contributed by atoms with Crippen LogP contribution in [0.15, 0.2) is 57.7 Å². The van der Waals surface area contributed by atoms with E-state index in [1.165, 1.54) is 24.8 Å². The predicted octanol–water partition coefficient (Wildman–Crippen LogP) is 5.85. The van der Waals surface area contributed by atoms with Gasteiger partial charge >= 0.3 is 0 Å². The number of thiophene rings is 2. The average molecular weight is 350 g/mol. The fourth-order valence-corrected chi connectivity index (χ4v) is 4.10. The van der Waals surface area contributed by atoms with E-state index in [1.807, 2.05) is 0 Å². The fourth-order valence-electron chi connectivity index (χ4n) is 1.91. The quantitative estimate of drug-likeness (QED) is 0.622. The van der Waals surface area contributed by atoms with Gasteiger partial charge in [0.25, 0.3) is 0 Å². The first-order valence-electron chi connectivity index (χ1n) is 5.94. The van der Waals surface area contributed by atoms with Gasteiger partial charge in [-0.15, -0.1) is 22.7 Å². The molecule has 2 heterocycles. The molecule has 0 radical (unpaired) electrons. The minimum atomic E-state index is 0.860. The van der Waals surface area contributed by atoms with Crippen LogP contribution in [0.25, 0.3) is 10.4 Å². The van der Waals surface area contributed by atoms with E-state index in [9.17, 15) is 0 Å². The number of anilines is 1. The van der Waals surface area contributed by atoms with Gasteiger partial charge < -0.3 is 5.32 Å². The lowest BCUT2D eigenvalue weighted by atomic mass is 10.1. The summed E-state index contributed by atoms with van der Waals surface area (Å²) in [4.78, 5) is 2.63. The topological polar surface area (TPSA) is 12.0 Å². The second-order valence-corrected chi connectivity index (χ2v) is 7.58. The number of benzene rings is 1. The van der Waals surface area contributed by atoms with E-state index in [0.717, 1.165) is 6.54 Å². The molecule has 1 N–H and O–H groups in total. The van der Waals surface area contributed by atoms with Crippen LogP contribution in [0.4, 0.5) is 5.69 Å². The van der Waals surface area contributed by atoms with E-state index in [0.29, 0.717) is 0 Å². The highest BCUT2D eigenvalue weighted by atomic mass is 79.9. The molecule has 0 aliphatic carbocycles. The minimum absolute atomic E-state index is 0.860. The first-order chi connectivity index (χ1) is 9.33. The monoisotopic (exact) mass is 349 g/mol. The molecule has 0 aliphatic heterocycles. The van der Waals surface area contributed by atoms with Crippen LogP contribution in [0.5, 0.6) is 0 Å². The van der Waals surface area contributed by atoms with Gasteiger partial charge in [0.05, 0.1) is 3.79 Å². The van der Waals surface area contributed by atoms with Gasteiger partial charge in [-0.3, -0.25) is 0 Å². The van der Waals surface area contributed by atoms with Gasteiger partial charge in [-0.05, 0) is 45.6 Å². The molecule has 0 spiro atoms. The lowest BCUT2D eigenvalue weighted by molar-refractivity contribution is 1.19. The van der Waals surface area contributed by atoms with Crippen molar-refractivity contribution in [1.29, 1.82) is 0 Å². The Morgan fingerprint density at radius 2 is 1.89 bits per heavy atom. The summed E-state index contributed by atoms with van der Waals surface area (Å²) in [6.45, 7) is 0.860. The van der Waals surface area contributed by atoms with Crippen LogP contribution < -0.4 is 5.32 Å². The Morgan fingerprint density at radius 1 is 1.00 bits per heavy atom. The van der Waals surface area contributed by atoms with E-state index >= 15 is 0 Å². The maximum absolute atomic E-state index is 3.53. The highest BCUT2D eigenvalue weighted by Gasteiger charge is 2.05. The van der Waals surface area contributed by atoms with Crippen LogP contribution in [0.1, 0.15) is 4.88 Å². The molecule has 0 saturated carbocycles. The van der Waals surface area contributed by atoms with Crippen LogP contribution in [-0.2, 0) is 6.54 Å². The van der Waals surface area contributed by atoms with Crippen molar-refractivity contribution in [3.05, 3.63) is 62.6 Å². The molecular formula is C15H12BrNS2. The van der Waals surface area contributed by atoms with Crippen LogP contribution in [0.2, 0.25) is 0 Å². The molecule has 1 aromatic carbocycles. The zero-order valence-electron chi connectivity index (χ0n) is 10.1. The van der Waals surface area contributed by atoms with Crippen molar-refractivity contribution in [2.45, 2.75) is 6.54 Å². The molecule has 2 aromatic heterocycles. The van der Waals surface area contributed by atoms with E-state index in [4.69, 9.17) is 0 Å². The molecular weight excluding hydrogens is 338 g/mol. The summed E-state index contributed by atoms with van der Waals surface area (Å²) in [6.07, 6.45) is 0. The van der Waals surface area contributed by atoms with E-state index < -0.39 is 0 Å². The van der Waals surface area contributed by atoms with Crippen LogP contribution >= 0.6 is 38.6 Å². The molecule has 4 heteroatoms. The molecule has 0 fully saturated rings. The van der Waals surface area contributed by atoms with E-state index in [-0.39, 0.29) is 0 Å². The molecule has 3 aromatic rings. The lowest BCUT2D eigenvalue weighted by Crippen LogP contribution is -1.98. The van der Waals surface area contributed by atoms with Gasteiger partial charge in [-0.25, -0.2) is 0 Å². The molecule has 0 saturated heterocycles. The Bertz CT molecular complexity index is 658. The minimum Gasteiger partial charge on any atom is -0.380 e. The van der Waals surface area contributed by atoms with E-state index in [2.05, 4.69) is 75.2 Å². The number of hydrogen-bond acceptors (Lipinski definition) is 3. The Balaban J connectivity index is 1.81. The van der Waals surface area contributed by atoms with Gasteiger partial charge in [-0.1, -0.05) is 24.3 Å². The summed E-state index contributed by atoms with van der Waals surface area (Å²) in [5.41, 5.74) is 2.46. The second kappa shape index (κ2) is 5.90. The predicted molar refractivity (Wildman–Crippen MR) is 89.1 cm³/mol. The summed E-state index contributed by atoms with van der Waals surface area (Å²) in [7, 11) is 0. The number of rotatable bonds is 4. The molecule has 96 valence electrons. The van der Waals surface area contributed by atoms with Crippen molar-refractivity contribution in [2.24, 2.45) is 0 Å². The number of hydrogen-bond donors (Lipinski definition) is 1. The molecule has 0 unspecified atom stereocenters. The standard InChI is InChI=1S/C15H12BrNS2/c16-15-8-7-11(19-15)10-17-13-5-2-1-4-12(13)14-6-3-9-18-14/h1-9,17H,10H2. The SMILES string of the molecule is Brc1ccc(CNc2ccccc2-c2cccs2)s1. The van der Waals surface area contributed by atoms with Crippen molar-refractivity contribution in [2.75, 3.05) is 5.32 Å². The van der Waals surface area contributed by atoms with Crippen molar-refractivity contribution in [3.63, 3.8) is 0 Å². The third kappa shape index (κ3) is 3.08. The largest absolute Gasteiger partial charge is 0.380 e. The zero-order chi connectivity index (χ0) is 13.1. The molecule has 0 amide bonds. The maximum atomic E-state index is 3.53. The summed E-state index contributed by atoms with van der Waals surface area (Å²) >= 11 is 7.03. The first-order valence-corrected chi connectivity index (χ1v) is 8.43. The summed E-state index contributed by atoms with van der Waals surface area (Å²) in [6, 6.07) is 16.9.